The van der Waals surface area contributed by atoms with Gasteiger partial charge in [0.1, 0.15) is 4.88 Å². The van der Waals surface area contributed by atoms with Crippen molar-refractivity contribution >= 4 is 46.5 Å². The van der Waals surface area contributed by atoms with Crippen LogP contribution in [-0.4, -0.2) is 41.2 Å². The topological polar surface area (TPSA) is 99.0 Å². The summed E-state index contributed by atoms with van der Waals surface area (Å²) in [5.74, 6) is -1.38. The molecule has 8 nitrogen and oxygen atoms in total. The van der Waals surface area contributed by atoms with Crippen molar-refractivity contribution in [1.82, 2.24) is 9.88 Å². The van der Waals surface area contributed by atoms with E-state index in [0.29, 0.717) is 26.5 Å². The highest BCUT2D eigenvalue weighted by Crippen LogP contribution is 2.12. The molecule has 2 aromatic rings. The van der Waals surface area contributed by atoms with E-state index in [4.69, 9.17) is 17.0 Å². The molecule has 0 aliphatic rings. The first kappa shape index (κ1) is 21.5. The van der Waals surface area contributed by atoms with E-state index in [9.17, 15) is 14.4 Å². The molecule has 0 atom stereocenters. The monoisotopic (exact) mass is 421 g/mol. The number of thiazole rings is 1. The third kappa shape index (κ3) is 4.90. The van der Waals surface area contributed by atoms with Crippen molar-refractivity contribution in [2.45, 2.75) is 13.8 Å². The lowest BCUT2D eigenvalue weighted by molar-refractivity contribution is 0.0529. The number of thiocarbonyl (C=S) groups is 1. The Morgan fingerprint density at radius 2 is 1.79 bits per heavy atom. The second kappa shape index (κ2) is 9.38. The van der Waals surface area contributed by atoms with Gasteiger partial charge in [-0.25, -0.2) is 9.59 Å². The number of ether oxygens (including phenoxy) is 2. The summed E-state index contributed by atoms with van der Waals surface area (Å²) >= 11 is 6.26. The molecule has 0 aliphatic carbocycles. The zero-order valence-electron chi connectivity index (χ0n) is 15.8. The highest BCUT2D eigenvalue weighted by molar-refractivity contribution is 7.80. The van der Waals surface area contributed by atoms with E-state index in [1.807, 2.05) is 0 Å². The number of carbonyl (C=O) groups is 3. The number of methoxy groups -OCH3 is 1. The summed E-state index contributed by atoms with van der Waals surface area (Å²) in [5, 5.41) is 2.46. The van der Waals surface area contributed by atoms with Crippen LogP contribution in [0.4, 0.5) is 0 Å². The number of amides is 1. The van der Waals surface area contributed by atoms with Crippen molar-refractivity contribution in [3.05, 3.63) is 50.8 Å². The molecule has 0 fully saturated rings. The Hall–Kier alpha value is -2.85. The van der Waals surface area contributed by atoms with Gasteiger partial charge in [0.15, 0.2) is 4.80 Å². The molecule has 1 aromatic heterocycles. The minimum Gasteiger partial charge on any atom is -0.465 e. The van der Waals surface area contributed by atoms with Gasteiger partial charge in [-0.1, -0.05) is 11.3 Å². The molecule has 0 aliphatic heterocycles. The van der Waals surface area contributed by atoms with Gasteiger partial charge in [0.25, 0.3) is 5.91 Å². The van der Waals surface area contributed by atoms with Crippen LogP contribution in [0.15, 0.2) is 29.3 Å². The van der Waals surface area contributed by atoms with Gasteiger partial charge in [-0.3, -0.25) is 10.1 Å². The molecule has 0 saturated heterocycles. The molecule has 0 unspecified atom stereocenters. The second-order valence-electron chi connectivity index (χ2n) is 5.52. The van der Waals surface area contributed by atoms with Gasteiger partial charge in [-0.05, 0) is 50.3 Å². The molecule has 10 heteroatoms. The average molecular weight is 422 g/mol. The summed E-state index contributed by atoms with van der Waals surface area (Å²) in [4.78, 5) is 40.8. The second-order valence-corrected chi connectivity index (χ2v) is 6.88. The molecule has 0 saturated carbocycles. The number of carbonyl (C=O) groups excluding carboxylic acids is 3. The highest BCUT2D eigenvalue weighted by atomic mass is 32.1. The largest absolute Gasteiger partial charge is 0.465 e. The minimum atomic E-state index is -0.490. The Morgan fingerprint density at radius 1 is 1.18 bits per heavy atom. The van der Waals surface area contributed by atoms with E-state index >= 15 is 0 Å². The summed E-state index contributed by atoms with van der Waals surface area (Å²) in [5.41, 5.74) is 1.33. The number of nitrogens with one attached hydrogen (secondary N) is 1. The van der Waals surface area contributed by atoms with E-state index in [1.165, 1.54) is 31.4 Å². The van der Waals surface area contributed by atoms with Gasteiger partial charge in [-0.15, -0.1) is 0 Å². The smallest absolute Gasteiger partial charge is 0.350 e. The number of aromatic nitrogens is 1. The van der Waals surface area contributed by atoms with Crippen molar-refractivity contribution in [2.24, 2.45) is 12.0 Å². The maximum atomic E-state index is 12.3. The van der Waals surface area contributed by atoms with Crippen LogP contribution in [0.25, 0.3) is 0 Å². The Balaban J connectivity index is 2.17. The summed E-state index contributed by atoms with van der Waals surface area (Å²) in [6, 6.07) is 5.93. The molecule has 1 aromatic carbocycles. The lowest BCUT2D eigenvalue weighted by atomic mass is 10.1. The predicted molar refractivity (Wildman–Crippen MR) is 107 cm³/mol. The zero-order chi connectivity index (χ0) is 20.8. The Morgan fingerprint density at radius 3 is 2.36 bits per heavy atom. The first-order valence-corrected chi connectivity index (χ1v) is 9.42. The molecule has 28 heavy (non-hydrogen) atoms. The van der Waals surface area contributed by atoms with Gasteiger partial charge < -0.3 is 14.0 Å². The molecule has 1 amide bonds. The Bertz CT molecular complexity index is 990. The van der Waals surface area contributed by atoms with Crippen LogP contribution in [0.2, 0.25) is 0 Å². The highest BCUT2D eigenvalue weighted by Gasteiger charge is 2.16. The van der Waals surface area contributed by atoms with Gasteiger partial charge in [0.05, 0.1) is 19.3 Å². The number of esters is 2. The van der Waals surface area contributed by atoms with Gasteiger partial charge >= 0.3 is 11.9 Å². The van der Waals surface area contributed by atoms with Crippen molar-refractivity contribution in [2.75, 3.05) is 13.7 Å². The fourth-order valence-corrected chi connectivity index (χ4v) is 3.43. The fourth-order valence-electron chi connectivity index (χ4n) is 2.17. The summed E-state index contributed by atoms with van der Waals surface area (Å²) in [7, 11) is 3.02. The van der Waals surface area contributed by atoms with E-state index < -0.39 is 17.8 Å². The number of nitrogens with zero attached hydrogens (tertiary/aromatic N) is 2. The van der Waals surface area contributed by atoms with Crippen molar-refractivity contribution in [1.29, 1.82) is 0 Å². The third-order valence-electron chi connectivity index (χ3n) is 3.76. The number of rotatable bonds is 4. The number of benzene rings is 1. The third-order valence-corrected chi connectivity index (χ3v) is 5.17. The first-order valence-electron chi connectivity index (χ1n) is 8.20. The molecule has 1 heterocycles. The molecular weight excluding hydrogens is 402 g/mol. The van der Waals surface area contributed by atoms with Crippen LogP contribution in [0.1, 0.15) is 43.0 Å². The number of hydrogen-bond acceptors (Lipinski definition) is 7. The van der Waals surface area contributed by atoms with Crippen molar-refractivity contribution < 1.29 is 23.9 Å². The van der Waals surface area contributed by atoms with E-state index in [1.54, 1.807) is 25.5 Å². The van der Waals surface area contributed by atoms with Crippen molar-refractivity contribution in [3.8, 4) is 0 Å². The van der Waals surface area contributed by atoms with E-state index in [0.717, 1.165) is 11.3 Å². The van der Waals surface area contributed by atoms with Gasteiger partial charge in [0, 0.05) is 18.3 Å². The summed E-state index contributed by atoms with van der Waals surface area (Å²) < 4.78 is 11.3. The van der Waals surface area contributed by atoms with E-state index in [2.05, 4.69) is 15.0 Å². The zero-order valence-corrected chi connectivity index (χ0v) is 17.4. The van der Waals surface area contributed by atoms with Crippen LogP contribution in [0, 0.1) is 6.92 Å². The van der Waals surface area contributed by atoms with Crippen LogP contribution >= 0.6 is 23.6 Å². The SMILES string of the molecule is CCOC(=O)c1sc(=NC(=S)NC(=O)c2ccc(C(=O)OC)cc2)n(C)c1C. The Kier molecular flexibility index (Phi) is 7.18. The molecule has 148 valence electrons. The number of hydrogen-bond donors (Lipinski definition) is 1. The molecule has 0 radical (unpaired) electrons. The predicted octanol–water partition coefficient (Wildman–Crippen LogP) is 1.97. The molecule has 2 rings (SSSR count). The molecule has 0 spiro atoms. The fraction of sp³-hybridized carbons (Fsp3) is 0.278. The molecule has 1 N–H and O–H groups in total. The lowest BCUT2D eigenvalue weighted by Crippen LogP contribution is -2.29. The van der Waals surface area contributed by atoms with Crippen LogP contribution in [0.3, 0.4) is 0 Å². The maximum Gasteiger partial charge on any atom is 0.350 e. The quantitative estimate of drug-likeness (QED) is 0.599. The van der Waals surface area contributed by atoms with Crippen LogP contribution in [-0.2, 0) is 16.5 Å². The normalized spacial score (nSPS) is 11.1. The van der Waals surface area contributed by atoms with Crippen LogP contribution < -0.4 is 10.1 Å². The minimum absolute atomic E-state index is 0.0469. The molecule has 0 bridgehead atoms. The lowest BCUT2D eigenvalue weighted by Gasteiger charge is -2.04. The van der Waals surface area contributed by atoms with Crippen LogP contribution in [0.5, 0.6) is 0 Å². The maximum absolute atomic E-state index is 12.3. The first-order chi connectivity index (χ1) is 13.3. The van der Waals surface area contributed by atoms with Gasteiger partial charge in [0.2, 0.25) is 5.11 Å². The summed E-state index contributed by atoms with van der Waals surface area (Å²) in [6.45, 7) is 3.77. The average Bonchev–Trinajstić information content (AvgIpc) is 2.96. The standard InChI is InChI=1S/C18H19N3O5S2/c1-5-26-16(24)13-10(2)21(3)18(28-13)20-17(27)19-14(22)11-6-8-12(9-7-11)15(23)25-4/h6-9H,5H2,1-4H3,(H,19,22,27). The van der Waals surface area contributed by atoms with Crippen molar-refractivity contribution in [3.63, 3.8) is 0 Å². The Labute approximate surface area is 170 Å². The van der Waals surface area contributed by atoms with Gasteiger partial charge in [-0.2, -0.15) is 4.99 Å². The summed E-state index contributed by atoms with van der Waals surface area (Å²) in [6.07, 6.45) is 0. The molecular formula is C18H19N3O5S2. The van der Waals surface area contributed by atoms with E-state index in [-0.39, 0.29) is 11.7 Å².